The highest BCUT2D eigenvalue weighted by Crippen LogP contribution is 2.52. The van der Waals surface area contributed by atoms with E-state index in [0.717, 1.165) is 18.2 Å². The summed E-state index contributed by atoms with van der Waals surface area (Å²) in [5.41, 5.74) is 0.900. The number of aliphatic hydroxyl groups is 1. The van der Waals surface area contributed by atoms with Gasteiger partial charge in [0.05, 0.1) is 13.2 Å². The Labute approximate surface area is 84.4 Å². The number of rotatable bonds is 2. The van der Waals surface area contributed by atoms with Crippen molar-refractivity contribution in [2.45, 2.75) is 26.4 Å². The van der Waals surface area contributed by atoms with Crippen molar-refractivity contribution in [1.29, 1.82) is 0 Å². The highest BCUT2D eigenvalue weighted by Gasteiger charge is 2.32. The third-order valence-electron chi connectivity index (χ3n) is 2.36. The van der Waals surface area contributed by atoms with Crippen LogP contribution in [0.25, 0.3) is 0 Å². The molecule has 0 saturated heterocycles. The lowest BCUT2D eigenvalue weighted by Crippen LogP contribution is -2.22. The molecule has 1 aliphatic rings. The molecule has 0 unspecified atom stereocenters. The van der Waals surface area contributed by atoms with Gasteiger partial charge in [0.2, 0.25) is 0 Å². The van der Waals surface area contributed by atoms with E-state index in [1.807, 2.05) is 13.8 Å². The number of halogens is 1. The molecule has 1 rings (SSSR count). The van der Waals surface area contributed by atoms with E-state index in [1.54, 1.807) is 0 Å². The summed E-state index contributed by atoms with van der Waals surface area (Å²) in [6, 6.07) is 0. The topological polar surface area (TPSA) is 37.3 Å². The Bertz CT molecular complexity index is 273. The van der Waals surface area contributed by atoms with Crippen LogP contribution in [0.4, 0.5) is 0 Å². The summed E-state index contributed by atoms with van der Waals surface area (Å²) in [5.74, 6) is 0. The SMILES string of the molecule is CCC[P@]1(=O)CC(C)=C(Cl)[C@H](O)C1. The average molecular weight is 223 g/mol. The predicted octanol–water partition coefficient (Wildman–Crippen LogP) is 2.65. The molecule has 0 saturated carbocycles. The van der Waals surface area contributed by atoms with Crippen LogP contribution in [0.15, 0.2) is 10.6 Å². The quantitative estimate of drug-likeness (QED) is 0.730. The third-order valence-corrected chi connectivity index (χ3v) is 6.26. The molecule has 0 aliphatic carbocycles. The standard InChI is InChI=1S/C9H16ClO2P/c1-3-4-13(12)5-7(2)9(10)8(11)6-13/h8,11H,3-6H2,1-2H3/t8-,13+/m1/s1. The smallest absolute Gasteiger partial charge is 0.0963 e. The first kappa shape index (κ1) is 11.3. The first-order valence-corrected chi connectivity index (χ1v) is 7.23. The Hall–Kier alpha value is 0.220. The summed E-state index contributed by atoms with van der Waals surface area (Å²) in [6.45, 7) is 3.87. The Balaban J connectivity index is 2.84. The van der Waals surface area contributed by atoms with E-state index < -0.39 is 13.2 Å². The van der Waals surface area contributed by atoms with Gasteiger partial charge in [-0.25, -0.2) is 0 Å². The summed E-state index contributed by atoms with van der Waals surface area (Å²) >= 11 is 5.85. The van der Waals surface area contributed by atoms with Gasteiger partial charge in [-0.05, 0) is 18.9 Å². The fraction of sp³-hybridized carbons (Fsp3) is 0.778. The number of allylic oxidation sites excluding steroid dienone is 1. The molecule has 76 valence electrons. The molecule has 13 heavy (non-hydrogen) atoms. The molecule has 0 bridgehead atoms. The number of hydrogen-bond donors (Lipinski definition) is 1. The molecule has 4 heteroatoms. The van der Waals surface area contributed by atoms with Gasteiger partial charge in [-0.3, -0.25) is 0 Å². The van der Waals surface area contributed by atoms with Crippen molar-refractivity contribution >= 4 is 18.7 Å². The van der Waals surface area contributed by atoms with Crippen molar-refractivity contribution in [3.63, 3.8) is 0 Å². The monoisotopic (exact) mass is 222 g/mol. The van der Waals surface area contributed by atoms with Crippen molar-refractivity contribution in [2.75, 3.05) is 18.5 Å². The van der Waals surface area contributed by atoms with Crippen LogP contribution in [-0.4, -0.2) is 29.7 Å². The van der Waals surface area contributed by atoms with Crippen LogP contribution < -0.4 is 0 Å². The molecule has 0 amide bonds. The Morgan fingerprint density at radius 3 is 2.77 bits per heavy atom. The first-order valence-electron chi connectivity index (χ1n) is 4.59. The molecule has 1 heterocycles. The fourth-order valence-electron chi connectivity index (χ4n) is 1.83. The third kappa shape index (κ3) is 2.59. The van der Waals surface area contributed by atoms with E-state index in [2.05, 4.69) is 0 Å². The highest BCUT2D eigenvalue weighted by molar-refractivity contribution is 7.64. The van der Waals surface area contributed by atoms with Crippen molar-refractivity contribution in [1.82, 2.24) is 0 Å². The molecule has 0 fully saturated rings. The zero-order valence-electron chi connectivity index (χ0n) is 8.09. The maximum absolute atomic E-state index is 12.1. The van der Waals surface area contributed by atoms with Gasteiger partial charge in [-0.1, -0.05) is 18.5 Å². The second kappa shape index (κ2) is 4.16. The average Bonchev–Trinajstić information content (AvgIpc) is 2.00. The van der Waals surface area contributed by atoms with E-state index in [1.165, 1.54) is 0 Å². The lowest BCUT2D eigenvalue weighted by Gasteiger charge is -2.27. The zero-order valence-corrected chi connectivity index (χ0v) is 9.74. The number of hydrogen-bond acceptors (Lipinski definition) is 2. The van der Waals surface area contributed by atoms with Crippen molar-refractivity contribution in [2.24, 2.45) is 0 Å². The van der Waals surface area contributed by atoms with E-state index >= 15 is 0 Å². The predicted molar refractivity (Wildman–Crippen MR) is 57.1 cm³/mol. The molecule has 0 aromatic heterocycles. The molecule has 0 aromatic rings. The molecule has 0 radical (unpaired) electrons. The summed E-state index contributed by atoms with van der Waals surface area (Å²) in [4.78, 5) is 0. The number of aliphatic hydroxyl groups excluding tert-OH is 1. The van der Waals surface area contributed by atoms with Gasteiger partial charge < -0.3 is 9.67 Å². The molecule has 2 nitrogen and oxygen atoms in total. The highest BCUT2D eigenvalue weighted by atomic mass is 35.5. The Morgan fingerprint density at radius 2 is 2.31 bits per heavy atom. The molecule has 1 aliphatic heterocycles. The Morgan fingerprint density at radius 1 is 1.69 bits per heavy atom. The Kier molecular flexibility index (Phi) is 3.62. The maximum Gasteiger partial charge on any atom is 0.0963 e. The molecule has 1 N–H and O–H groups in total. The lowest BCUT2D eigenvalue weighted by atomic mass is 10.2. The minimum atomic E-state index is -2.16. The summed E-state index contributed by atoms with van der Waals surface area (Å²) in [6.07, 6.45) is 1.92. The summed E-state index contributed by atoms with van der Waals surface area (Å²) in [7, 11) is -2.16. The maximum atomic E-state index is 12.1. The fourth-order valence-corrected chi connectivity index (χ4v) is 5.31. The minimum Gasteiger partial charge on any atom is -0.387 e. The van der Waals surface area contributed by atoms with Gasteiger partial charge >= 0.3 is 0 Å². The summed E-state index contributed by atoms with van der Waals surface area (Å²) < 4.78 is 12.1. The largest absolute Gasteiger partial charge is 0.387 e. The lowest BCUT2D eigenvalue weighted by molar-refractivity contribution is 0.238. The van der Waals surface area contributed by atoms with Crippen LogP contribution in [0.3, 0.4) is 0 Å². The van der Waals surface area contributed by atoms with Crippen molar-refractivity contribution in [3.8, 4) is 0 Å². The van der Waals surface area contributed by atoms with Crippen LogP contribution in [0.2, 0.25) is 0 Å². The second-order valence-corrected chi connectivity index (χ2v) is 7.42. The van der Waals surface area contributed by atoms with Crippen LogP contribution >= 0.6 is 18.7 Å². The van der Waals surface area contributed by atoms with E-state index in [0.29, 0.717) is 17.4 Å². The first-order chi connectivity index (χ1) is 5.98. The van der Waals surface area contributed by atoms with E-state index in [-0.39, 0.29) is 0 Å². The van der Waals surface area contributed by atoms with Crippen LogP contribution in [0, 0.1) is 0 Å². The molecular formula is C9H16ClO2P. The van der Waals surface area contributed by atoms with Gasteiger partial charge in [0, 0.05) is 23.5 Å². The van der Waals surface area contributed by atoms with Gasteiger partial charge in [-0.15, -0.1) is 0 Å². The van der Waals surface area contributed by atoms with Crippen molar-refractivity contribution in [3.05, 3.63) is 10.6 Å². The van der Waals surface area contributed by atoms with Gasteiger partial charge in [0.25, 0.3) is 0 Å². The second-order valence-electron chi connectivity index (χ2n) is 3.77. The molecular weight excluding hydrogens is 207 g/mol. The summed E-state index contributed by atoms with van der Waals surface area (Å²) in [5, 5.41) is 10.1. The van der Waals surface area contributed by atoms with E-state index in [9.17, 15) is 9.67 Å². The van der Waals surface area contributed by atoms with Crippen LogP contribution in [0.5, 0.6) is 0 Å². The zero-order chi connectivity index (χ0) is 10.1. The van der Waals surface area contributed by atoms with Crippen molar-refractivity contribution < 1.29 is 9.67 Å². The molecule has 0 spiro atoms. The minimum absolute atomic E-state index is 0.372. The molecule has 0 aromatic carbocycles. The van der Waals surface area contributed by atoms with Crippen LogP contribution in [0.1, 0.15) is 20.3 Å². The van der Waals surface area contributed by atoms with Gasteiger partial charge in [0.1, 0.15) is 0 Å². The molecule has 2 atom stereocenters. The van der Waals surface area contributed by atoms with Gasteiger partial charge in [0.15, 0.2) is 0 Å². The van der Waals surface area contributed by atoms with Gasteiger partial charge in [-0.2, -0.15) is 0 Å². The normalized spacial score (nSPS) is 35.2. The van der Waals surface area contributed by atoms with E-state index in [4.69, 9.17) is 11.6 Å². The van der Waals surface area contributed by atoms with Crippen LogP contribution in [-0.2, 0) is 4.57 Å².